The second-order valence-corrected chi connectivity index (χ2v) is 4.94. The molecule has 0 saturated carbocycles. The van der Waals surface area contributed by atoms with Gasteiger partial charge in [0.1, 0.15) is 0 Å². The molecule has 1 aliphatic rings. The van der Waals surface area contributed by atoms with Gasteiger partial charge in [-0.3, -0.25) is 0 Å². The second kappa shape index (κ2) is 10.8. The average molecular weight is 261 g/mol. The van der Waals surface area contributed by atoms with Crippen molar-refractivity contribution in [3.8, 4) is 0 Å². The summed E-state index contributed by atoms with van der Waals surface area (Å²) in [7, 11) is 0. The Morgan fingerprint density at radius 3 is 2.63 bits per heavy atom. The molecule has 0 amide bonds. The van der Waals surface area contributed by atoms with Gasteiger partial charge in [0, 0.05) is 6.54 Å². The van der Waals surface area contributed by atoms with E-state index in [9.17, 15) is 0 Å². The van der Waals surface area contributed by atoms with Crippen molar-refractivity contribution in [1.29, 1.82) is 0 Å². The van der Waals surface area contributed by atoms with Gasteiger partial charge in [-0.05, 0) is 44.6 Å². The first-order valence-corrected chi connectivity index (χ1v) is 7.56. The highest BCUT2D eigenvalue weighted by atomic mass is 14.5. The molecule has 0 aromatic rings. The summed E-state index contributed by atoms with van der Waals surface area (Å²) in [5.74, 6) is 0.715. The normalized spacial score (nSPS) is 20.9. The van der Waals surface area contributed by atoms with Gasteiger partial charge in [0.05, 0.1) is 0 Å². The van der Waals surface area contributed by atoms with E-state index in [2.05, 4.69) is 39.0 Å². The van der Waals surface area contributed by atoms with Crippen LogP contribution in [0.25, 0.3) is 0 Å². The molecule has 0 spiro atoms. The van der Waals surface area contributed by atoms with Crippen LogP contribution < -0.4 is 5.73 Å². The SMILES string of the molecule is CC.CC1=C(/C=C/C(C)=C/C=C/CN)C(C)CCC1. The highest BCUT2D eigenvalue weighted by molar-refractivity contribution is 5.34. The Labute approximate surface area is 120 Å². The van der Waals surface area contributed by atoms with Crippen LogP contribution in [0.3, 0.4) is 0 Å². The van der Waals surface area contributed by atoms with Crippen LogP contribution in [0.5, 0.6) is 0 Å². The number of hydrogen-bond acceptors (Lipinski definition) is 1. The molecule has 1 aliphatic carbocycles. The van der Waals surface area contributed by atoms with Crippen LogP contribution in [0.1, 0.15) is 53.9 Å². The Balaban J connectivity index is 0.00000154. The molecule has 108 valence electrons. The zero-order valence-corrected chi connectivity index (χ0v) is 13.4. The molecule has 1 unspecified atom stereocenters. The third-order valence-electron chi connectivity index (χ3n) is 3.37. The zero-order valence-electron chi connectivity index (χ0n) is 13.4. The molecule has 0 radical (unpaired) electrons. The Hall–Kier alpha value is -1.08. The third kappa shape index (κ3) is 7.17. The summed E-state index contributed by atoms with van der Waals surface area (Å²) in [6.45, 7) is 11.3. The highest BCUT2D eigenvalue weighted by Crippen LogP contribution is 2.30. The maximum absolute atomic E-state index is 5.40. The molecule has 1 rings (SSSR count). The molecule has 0 aromatic heterocycles. The van der Waals surface area contributed by atoms with Crippen LogP contribution in [0, 0.1) is 5.92 Å². The highest BCUT2D eigenvalue weighted by Gasteiger charge is 2.14. The summed E-state index contributed by atoms with van der Waals surface area (Å²) in [6, 6.07) is 0. The summed E-state index contributed by atoms with van der Waals surface area (Å²) in [5, 5.41) is 0. The summed E-state index contributed by atoms with van der Waals surface area (Å²) in [4.78, 5) is 0. The lowest BCUT2D eigenvalue weighted by molar-refractivity contribution is 0.546. The summed E-state index contributed by atoms with van der Waals surface area (Å²) in [6.07, 6.45) is 14.5. The average Bonchev–Trinajstić information content (AvgIpc) is 2.41. The van der Waals surface area contributed by atoms with Crippen molar-refractivity contribution in [2.24, 2.45) is 11.7 Å². The predicted molar refractivity (Wildman–Crippen MR) is 88.2 cm³/mol. The van der Waals surface area contributed by atoms with Gasteiger partial charge in [0.2, 0.25) is 0 Å². The van der Waals surface area contributed by atoms with Crippen molar-refractivity contribution in [1.82, 2.24) is 0 Å². The Bertz CT molecular complexity index is 356. The Morgan fingerprint density at radius 1 is 1.37 bits per heavy atom. The van der Waals surface area contributed by atoms with Gasteiger partial charge >= 0.3 is 0 Å². The molecule has 0 aliphatic heterocycles. The number of rotatable bonds is 4. The molecule has 0 bridgehead atoms. The fourth-order valence-corrected chi connectivity index (χ4v) is 2.28. The smallest absolute Gasteiger partial charge is 0.0109 e. The zero-order chi connectivity index (χ0) is 14.7. The number of hydrogen-bond donors (Lipinski definition) is 1. The van der Waals surface area contributed by atoms with Crippen molar-refractivity contribution in [2.45, 2.75) is 53.9 Å². The maximum atomic E-state index is 5.40. The minimum Gasteiger partial charge on any atom is -0.327 e. The minimum absolute atomic E-state index is 0.606. The van der Waals surface area contributed by atoms with Gasteiger partial charge < -0.3 is 5.73 Å². The van der Waals surface area contributed by atoms with Crippen molar-refractivity contribution in [3.05, 3.63) is 47.1 Å². The van der Waals surface area contributed by atoms with Crippen LogP contribution in [-0.4, -0.2) is 6.54 Å². The lowest BCUT2D eigenvalue weighted by Crippen LogP contribution is -2.06. The first-order chi connectivity index (χ1) is 9.15. The maximum Gasteiger partial charge on any atom is 0.0109 e. The standard InChI is InChI=1S/C16H25N.C2H6/c1-13(7-4-5-12-17)10-11-16-14(2)8-6-9-15(16)3;1-2/h4-5,7,10-11,14H,6,8-9,12,17H2,1-3H3;1-2H3/b5-4+,11-10+,13-7+;. The lowest BCUT2D eigenvalue weighted by Gasteiger charge is -2.22. The van der Waals surface area contributed by atoms with Crippen molar-refractivity contribution < 1.29 is 0 Å². The summed E-state index contributed by atoms with van der Waals surface area (Å²) < 4.78 is 0. The van der Waals surface area contributed by atoms with Gasteiger partial charge in [-0.25, -0.2) is 0 Å². The van der Waals surface area contributed by atoms with Gasteiger partial charge in [0.15, 0.2) is 0 Å². The molecule has 1 nitrogen and oxygen atoms in total. The molecular weight excluding hydrogens is 230 g/mol. The van der Waals surface area contributed by atoms with E-state index in [4.69, 9.17) is 5.73 Å². The van der Waals surface area contributed by atoms with E-state index >= 15 is 0 Å². The third-order valence-corrected chi connectivity index (χ3v) is 3.37. The van der Waals surface area contributed by atoms with Crippen LogP contribution in [0.4, 0.5) is 0 Å². The monoisotopic (exact) mass is 261 g/mol. The van der Waals surface area contributed by atoms with Gasteiger partial charge in [-0.15, -0.1) is 0 Å². The molecule has 19 heavy (non-hydrogen) atoms. The van der Waals surface area contributed by atoms with E-state index in [1.807, 2.05) is 26.0 Å². The van der Waals surface area contributed by atoms with Crippen molar-refractivity contribution in [3.63, 3.8) is 0 Å². The van der Waals surface area contributed by atoms with Crippen molar-refractivity contribution in [2.75, 3.05) is 6.54 Å². The molecule has 0 saturated heterocycles. The van der Waals surface area contributed by atoms with Crippen LogP contribution in [0.15, 0.2) is 47.1 Å². The molecule has 2 N–H and O–H groups in total. The van der Waals surface area contributed by atoms with Crippen LogP contribution in [0.2, 0.25) is 0 Å². The van der Waals surface area contributed by atoms with E-state index in [0.29, 0.717) is 12.5 Å². The summed E-state index contributed by atoms with van der Waals surface area (Å²) in [5.41, 5.74) is 9.77. The first kappa shape index (κ1) is 17.9. The Kier molecular flexibility index (Phi) is 10.2. The minimum atomic E-state index is 0.606. The molecular formula is C18H31N. The van der Waals surface area contributed by atoms with Gasteiger partial charge in [-0.2, -0.15) is 0 Å². The van der Waals surface area contributed by atoms with E-state index in [0.717, 1.165) is 0 Å². The molecule has 0 fully saturated rings. The molecule has 0 heterocycles. The number of allylic oxidation sites excluding steroid dienone is 7. The molecule has 1 heteroatoms. The molecule has 0 aromatic carbocycles. The van der Waals surface area contributed by atoms with Crippen molar-refractivity contribution >= 4 is 0 Å². The topological polar surface area (TPSA) is 26.0 Å². The fraction of sp³-hybridized carbons (Fsp3) is 0.556. The fourth-order valence-electron chi connectivity index (χ4n) is 2.28. The van der Waals surface area contributed by atoms with Gasteiger partial charge in [0.25, 0.3) is 0 Å². The van der Waals surface area contributed by atoms with E-state index in [-0.39, 0.29) is 0 Å². The first-order valence-electron chi connectivity index (χ1n) is 7.56. The quantitative estimate of drug-likeness (QED) is 0.694. The van der Waals surface area contributed by atoms with E-state index < -0.39 is 0 Å². The van der Waals surface area contributed by atoms with E-state index in [1.54, 1.807) is 5.57 Å². The van der Waals surface area contributed by atoms with E-state index in [1.165, 1.54) is 30.4 Å². The predicted octanol–water partition coefficient (Wildman–Crippen LogP) is 5.17. The molecule has 1 atom stereocenters. The van der Waals surface area contributed by atoms with Gasteiger partial charge in [-0.1, -0.05) is 62.3 Å². The summed E-state index contributed by atoms with van der Waals surface area (Å²) >= 11 is 0. The second-order valence-electron chi connectivity index (χ2n) is 4.94. The van der Waals surface area contributed by atoms with Crippen LogP contribution >= 0.6 is 0 Å². The largest absolute Gasteiger partial charge is 0.327 e. The lowest BCUT2D eigenvalue weighted by atomic mass is 9.84. The van der Waals surface area contributed by atoms with Crippen LogP contribution in [-0.2, 0) is 0 Å². The number of nitrogens with two attached hydrogens (primary N) is 1. The Morgan fingerprint density at radius 2 is 2.05 bits per heavy atom.